The van der Waals surface area contributed by atoms with E-state index in [1.165, 1.54) is 19.3 Å². The van der Waals surface area contributed by atoms with E-state index in [0.717, 1.165) is 10.4 Å². The summed E-state index contributed by atoms with van der Waals surface area (Å²) in [6, 6.07) is 0. The largest absolute Gasteiger partial charge is 0.349 e. The molecule has 0 aliphatic heterocycles. The van der Waals surface area contributed by atoms with Crippen molar-refractivity contribution in [2.45, 2.75) is 31.7 Å². The van der Waals surface area contributed by atoms with Crippen LogP contribution in [-0.2, 0) is 0 Å². The molecule has 1 aliphatic carbocycles. The van der Waals surface area contributed by atoms with Crippen LogP contribution in [0.5, 0.6) is 0 Å². The molecule has 0 unspecified atom stereocenters. The monoisotopic (exact) mass is 241 g/mol. The minimum Gasteiger partial charge on any atom is -0.349 e. The highest BCUT2D eigenvalue weighted by atomic mass is 79.9. The van der Waals surface area contributed by atoms with Gasteiger partial charge in [-0.3, -0.25) is 0 Å². The molecule has 70 valence electrons. The third-order valence-corrected chi connectivity index (χ3v) is 2.90. The quantitative estimate of drug-likeness (QED) is 0.866. The molecule has 0 aromatic carbocycles. The Bertz CT molecular complexity index is 292. The van der Waals surface area contributed by atoms with Crippen LogP contribution in [0.4, 0.5) is 5.95 Å². The van der Waals surface area contributed by atoms with Crippen LogP contribution in [0.15, 0.2) is 16.9 Å². The van der Waals surface area contributed by atoms with Crippen molar-refractivity contribution in [3.63, 3.8) is 0 Å². The van der Waals surface area contributed by atoms with Crippen molar-refractivity contribution in [1.29, 1.82) is 0 Å². The molecule has 0 saturated heterocycles. The summed E-state index contributed by atoms with van der Waals surface area (Å²) in [5.41, 5.74) is 0.230. The topological polar surface area (TPSA) is 37.8 Å². The Morgan fingerprint density at radius 1 is 1.38 bits per heavy atom. The summed E-state index contributed by atoms with van der Waals surface area (Å²) in [6.45, 7) is 2.21. The van der Waals surface area contributed by atoms with Gasteiger partial charge in [0, 0.05) is 17.9 Å². The number of hydrogen-bond acceptors (Lipinski definition) is 3. The van der Waals surface area contributed by atoms with E-state index in [2.05, 4.69) is 38.1 Å². The molecule has 0 atom stereocenters. The summed E-state index contributed by atoms with van der Waals surface area (Å²) >= 11 is 3.30. The van der Waals surface area contributed by atoms with Gasteiger partial charge in [0.25, 0.3) is 0 Å². The number of nitrogens with zero attached hydrogens (tertiary/aromatic N) is 2. The normalized spacial score (nSPS) is 19.2. The molecule has 1 aliphatic rings. The van der Waals surface area contributed by atoms with Gasteiger partial charge in [-0.05, 0) is 42.1 Å². The second kappa shape index (κ2) is 3.25. The van der Waals surface area contributed by atoms with Crippen molar-refractivity contribution in [1.82, 2.24) is 9.97 Å². The van der Waals surface area contributed by atoms with E-state index in [0.29, 0.717) is 0 Å². The number of aromatic nitrogens is 2. The van der Waals surface area contributed by atoms with E-state index >= 15 is 0 Å². The first-order chi connectivity index (χ1) is 6.18. The van der Waals surface area contributed by atoms with E-state index in [1.54, 1.807) is 12.4 Å². The Labute approximate surface area is 86.1 Å². The van der Waals surface area contributed by atoms with Crippen LogP contribution in [-0.4, -0.2) is 15.5 Å². The van der Waals surface area contributed by atoms with E-state index < -0.39 is 0 Å². The molecule has 2 rings (SSSR count). The SMILES string of the molecule is CC1(Nc2ncc(Br)cn2)CCC1. The van der Waals surface area contributed by atoms with E-state index in [9.17, 15) is 0 Å². The molecule has 0 bridgehead atoms. The van der Waals surface area contributed by atoms with Gasteiger partial charge in [0.15, 0.2) is 0 Å². The first kappa shape index (κ1) is 8.94. The van der Waals surface area contributed by atoms with Gasteiger partial charge < -0.3 is 5.32 Å². The Kier molecular flexibility index (Phi) is 2.24. The predicted octanol–water partition coefficient (Wildman–Crippen LogP) is 2.59. The third-order valence-electron chi connectivity index (χ3n) is 2.49. The molecule has 3 nitrogen and oxygen atoms in total. The van der Waals surface area contributed by atoms with Crippen LogP contribution < -0.4 is 5.32 Å². The summed E-state index contributed by atoms with van der Waals surface area (Å²) in [5.74, 6) is 0.727. The molecule has 0 amide bonds. The van der Waals surface area contributed by atoms with E-state index in [-0.39, 0.29) is 5.54 Å². The number of hydrogen-bond donors (Lipinski definition) is 1. The molecular formula is C9H12BrN3. The first-order valence-corrected chi connectivity index (χ1v) is 5.23. The van der Waals surface area contributed by atoms with Crippen LogP contribution in [0.25, 0.3) is 0 Å². The highest BCUT2D eigenvalue weighted by Crippen LogP contribution is 2.33. The summed E-state index contributed by atoms with van der Waals surface area (Å²) in [6.07, 6.45) is 7.26. The van der Waals surface area contributed by atoms with Gasteiger partial charge in [0.05, 0.1) is 4.47 Å². The number of nitrogens with one attached hydrogen (secondary N) is 1. The van der Waals surface area contributed by atoms with Gasteiger partial charge in [-0.2, -0.15) is 0 Å². The van der Waals surface area contributed by atoms with Gasteiger partial charge in [0.1, 0.15) is 0 Å². The Morgan fingerprint density at radius 3 is 2.46 bits per heavy atom. The fraction of sp³-hybridized carbons (Fsp3) is 0.556. The Hall–Kier alpha value is -0.640. The fourth-order valence-corrected chi connectivity index (χ4v) is 1.68. The van der Waals surface area contributed by atoms with Gasteiger partial charge in [-0.1, -0.05) is 0 Å². The standard InChI is InChI=1S/C9H12BrN3/c1-9(3-2-4-9)13-8-11-5-7(10)6-12-8/h5-6H,2-4H2,1H3,(H,11,12,13). The zero-order valence-electron chi connectivity index (χ0n) is 7.55. The molecule has 1 fully saturated rings. The maximum absolute atomic E-state index is 4.18. The lowest BCUT2D eigenvalue weighted by molar-refractivity contribution is 0.304. The highest BCUT2D eigenvalue weighted by molar-refractivity contribution is 9.10. The average Bonchev–Trinajstić information content (AvgIpc) is 2.06. The molecular weight excluding hydrogens is 230 g/mol. The van der Waals surface area contributed by atoms with Crippen molar-refractivity contribution in [2.24, 2.45) is 0 Å². The molecule has 0 radical (unpaired) electrons. The smallest absolute Gasteiger partial charge is 0.223 e. The van der Waals surface area contributed by atoms with Crippen LogP contribution in [0.1, 0.15) is 26.2 Å². The number of halogens is 1. The first-order valence-electron chi connectivity index (χ1n) is 4.44. The average molecular weight is 242 g/mol. The van der Waals surface area contributed by atoms with Crippen molar-refractivity contribution >= 4 is 21.9 Å². The van der Waals surface area contributed by atoms with Gasteiger partial charge in [-0.15, -0.1) is 0 Å². The predicted molar refractivity (Wildman–Crippen MR) is 55.6 cm³/mol. The van der Waals surface area contributed by atoms with Crippen LogP contribution >= 0.6 is 15.9 Å². The molecule has 1 aromatic rings. The van der Waals surface area contributed by atoms with Crippen LogP contribution in [0.2, 0.25) is 0 Å². The van der Waals surface area contributed by atoms with E-state index in [1.807, 2.05) is 0 Å². The van der Waals surface area contributed by atoms with Gasteiger partial charge in [0.2, 0.25) is 5.95 Å². The molecule has 0 spiro atoms. The second-order valence-corrected chi connectivity index (χ2v) is 4.68. The summed E-state index contributed by atoms with van der Waals surface area (Å²) in [7, 11) is 0. The third kappa shape index (κ3) is 1.99. The molecule has 1 saturated carbocycles. The second-order valence-electron chi connectivity index (χ2n) is 3.76. The lowest BCUT2D eigenvalue weighted by Crippen LogP contribution is -2.42. The number of anilines is 1. The Morgan fingerprint density at radius 2 is 2.00 bits per heavy atom. The minimum atomic E-state index is 0.230. The van der Waals surface area contributed by atoms with Crippen molar-refractivity contribution in [3.05, 3.63) is 16.9 Å². The lowest BCUT2D eigenvalue weighted by atomic mass is 9.79. The van der Waals surface area contributed by atoms with Gasteiger partial charge in [-0.25, -0.2) is 9.97 Å². The fourth-order valence-electron chi connectivity index (χ4n) is 1.48. The van der Waals surface area contributed by atoms with Gasteiger partial charge >= 0.3 is 0 Å². The molecule has 4 heteroatoms. The zero-order chi connectivity index (χ0) is 9.31. The summed E-state index contributed by atoms with van der Waals surface area (Å²) in [4.78, 5) is 8.35. The lowest BCUT2D eigenvalue weighted by Gasteiger charge is -2.39. The molecule has 1 aromatic heterocycles. The van der Waals surface area contributed by atoms with Crippen molar-refractivity contribution in [2.75, 3.05) is 5.32 Å². The number of rotatable bonds is 2. The van der Waals surface area contributed by atoms with Crippen molar-refractivity contribution < 1.29 is 0 Å². The van der Waals surface area contributed by atoms with E-state index in [4.69, 9.17) is 0 Å². The summed E-state index contributed by atoms with van der Waals surface area (Å²) < 4.78 is 0.914. The maximum atomic E-state index is 4.18. The maximum Gasteiger partial charge on any atom is 0.223 e. The summed E-state index contributed by atoms with van der Waals surface area (Å²) in [5, 5.41) is 3.34. The zero-order valence-corrected chi connectivity index (χ0v) is 9.13. The minimum absolute atomic E-state index is 0.230. The molecule has 1 N–H and O–H groups in total. The molecule has 13 heavy (non-hydrogen) atoms. The van der Waals surface area contributed by atoms with Crippen LogP contribution in [0.3, 0.4) is 0 Å². The Balaban J connectivity index is 2.05. The molecule has 1 heterocycles. The van der Waals surface area contributed by atoms with Crippen molar-refractivity contribution in [3.8, 4) is 0 Å². The van der Waals surface area contributed by atoms with Crippen LogP contribution in [0, 0.1) is 0 Å². The highest BCUT2D eigenvalue weighted by Gasteiger charge is 2.31.